The first-order chi connectivity index (χ1) is 14.4. The van der Waals surface area contributed by atoms with Gasteiger partial charge in [0.15, 0.2) is 0 Å². The van der Waals surface area contributed by atoms with Crippen molar-refractivity contribution < 1.29 is 19.4 Å². The van der Waals surface area contributed by atoms with Gasteiger partial charge in [-0.15, -0.1) is 0 Å². The van der Waals surface area contributed by atoms with Crippen molar-refractivity contribution in [2.45, 2.75) is 32.7 Å². The Kier molecular flexibility index (Phi) is 5.62. The summed E-state index contributed by atoms with van der Waals surface area (Å²) >= 11 is 0. The molecule has 2 aliphatic rings. The van der Waals surface area contributed by atoms with Gasteiger partial charge in [-0.3, -0.25) is 4.79 Å². The number of amides is 1. The molecule has 156 valence electrons. The van der Waals surface area contributed by atoms with Crippen molar-refractivity contribution in [1.82, 2.24) is 5.32 Å². The van der Waals surface area contributed by atoms with Gasteiger partial charge >= 0.3 is 5.97 Å². The summed E-state index contributed by atoms with van der Waals surface area (Å²) in [6, 6.07) is 12.8. The highest BCUT2D eigenvalue weighted by atomic mass is 16.5. The lowest BCUT2D eigenvalue weighted by Gasteiger charge is -2.24. The van der Waals surface area contributed by atoms with E-state index in [0.29, 0.717) is 18.4 Å². The van der Waals surface area contributed by atoms with Gasteiger partial charge in [0.2, 0.25) is 5.91 Å². The van der Waals surface area contributed by atoms with Crippen molar-refractivity contribution in [3.8, 4) is 5.75 Å². The number of nitrogens with one attached hydrogen (secondary N) is 1. The number of ether oxygens (including phenoxy) is 1. The number of aromatic carboxylic acids is 1. The molecule has 5 nitrogen and oxygen atoms in total. The Bertz CT molecular complexity index is 993. The number of carbonyl (C=O) groups excluding carboxylic acids is 1. The van der Waals surface area contributed by atoms with Crippen LogP contribution in [-0.2, 0) is 11.3 Å². The second-order valence-electron chi connectivity index (χ2n) is 8.40. The molecule has 4 rings (SSSR count). The van der Waals surface area contributed by atoms with Crippen molar-refractivity contribution in [2.24, 2.45) is 17.8 Å². The number of aryl methyl sites for hydroxylation is 1. The molecule has 5 heteroatoms. The Labute approximate surface area is 176 Å². The molecule has 30 heavy (non-hydrogen) atoms. The topological polar surface area (TPSA) is 75.6 Å². The standard InChI is InChI=1S/C25H27NO4/c1-15-9-17(11-21(10-15)30-2)12-22-19-7-8-20(13-19)23(22)24(27)26-14-16-3-5-18(6-4-16)25(28)29/h3-6,9-12,19-20,23H,7-8,13-14H2,1-2H3,(H,26,27)(H,28,29)/b22-12+/t19-,20+,23-/m1/s1. The molecule has 2 saturated carbocycles. The quantitative estimate of drug-likeness (QED) is 0.745. The minimum absolute atomic E-state index is 0.0652. The van der Waals surface area contributed by atoms with Crippen LogP contribution in [0.15, 0.2) is 48.0 Å². The molecule has 2 N–H and O–H groups in total. The fourth-order valence-corrected chi connectivity index (χ4v) is 4.96. The number of carbonyl (C=O) groups is 2. The van der Waals surface area contributed by atoms with Gasteiger partial charge in [0.05, 0.1) is 18.6 Å². The summed E-state index contributed by atoms with van der Waals surface area (Å²) in [6.07, 6.45) is 5.52. The Balaban J connectivity index is 1.51. The average Bonchev–Trinajstić information content (AvgIpc) is 3.33. The van der Waals surface area contributed by atoms with Crippen LogP contribution in [0.1, 0.15) is 46.3 Å². The van der Waals surface area contributed by atoms with Gasteiger partial charge in [-0.1, -0.05) is 29.8 Å². The van der Waals surface area contributed by atoms with Crippen molar-refractivity contribution in [1.29, 1.82) is 0 Å². The van der Waals surface area contributed by atoms with E-state index < -0.39 is 5.97 Å². The molecule has 3 atom stereocenters. The van der Waals surface area contributed by atoms with Crippen molar-refractivity contribution in [3.05, 3.63) is 70.3 Å². The number of carboxylic acids is 1. The number of rotatable bonds is 6. The predicted octanol–water partition coefficient (Wildman–Crippen LogP) is 4.45. The summed E-state index contributed by atoms with van der Waals surface area (Å²) in [4.78, 5) is 24.1. The molecule has 2 aliphatic carbocycles. The molecule has 2 aromatic rings. The Morgan fingerprint density at radius 3 is 2.63 bits per heavy atom. The van der Waals surface area contributed by atoms with Crippen molar-refractivity contribution in [2.75, 3.05) is 7.11 Å². The Morgan fingerprint density at radius 2 is 1.93 bits per heavy atom. The van der Waals surface area contributed by atoms with E-state index in [1.807, 2.05) is 19.1 Å². The molecule has 0 aromatic heterocycles. The predicted molar refractivity (Wildman–Crippen MR) is 115 cm³/mol. The van der Waals surface area contributed by atoms with Gasteiger partial charge in [-0.25, -0.2) is 4.79 Å². The van der Waals surface area contributed by atoms with Gasteiger partial charge in [0.25, 0.3) is 0 Å². The number of hydrogen-bond donors (Lipinski definition) is 2. The van der Waals surface area contributed by atoms with Crippen LogP contribution in [0.5, 0.6) is 5.75 Å². The summed E-state index contributed by atoms with van der Waals surface area (Å²) in [5.41, 5.74) is 4.59. The second kappa shape index (κ2) is 8.34. The fourth-order valence-electron chi connectivity index (χ4n) is 4.96. The Morgan fingerprint density at radius 1 is 1.17 bits per heavy atom. The van der Waals surface area contributed by atoms with Crippen molar-refractivity contribution >= 4 is 18.0 Å². The van der Waals surface area contributed by atoms with E-state index in [4.69, 9.17) is 9.84 Å². The van der Waals surface area contributed by atoms with Gasteiger partial charge < -0.3 is 15.2 Å². The third-order valence-corrected chi connectivity index (χ3v) is 6.37. The highest BCUT2D eigenvalue weighted by Gasteiger charge is 2.46. The largest absolute Gasteiger partial charge is 0.497 e. The first-order valence-corrected chi connectivity index (χ1v) is 10.4. The van der Waals surface area contributed by atoms with Gasteiger partial charge in [-0.05, 0) is 79.0 Å². The minimum atomic E-state index is -0.949. The normalized spacial score (nSPS) is 23.5. The van der Waals surface area contributed by atoms with Crippen LogP contribution in [0.4, 0.5) is 0 Å². The molecule has 2 fully saturated rings. The summed E-state index contributed by atoms with van der Waals surface area (Å²) in [5.74, 6) is 0.740. The SMILES string of the molecule is COc1cc(C)cc(/C=C2\[C@@H]3CC[C@@H](C3)[C@H]2C(=O)NCc2ccc(C(=O)O)cc2)c1. The number of methoxy groups -OCH3 is 1. The molecule has 0 heterocycles. The number of carboxylic acid groups (broad SMARTS) is 1. The zero-order valence-corrected chi connectivity index (χ0v) is 17.4. The molecule has 1 amide bonds. The molecular weight excluding hydrogens is 378 g/mol. The maximum atomic E-state index is 13.1. The van der Waals surface area contributed by atoms with E-state index in [0.717, 1.165) is 41.7 Å². The van der Waals surface area contributed by atoms with Gasteiger partial charge in [0.1, 0.15) is 5.75 Å². The molecule has 0 spiro atoms. The minimum Gasteiger partial charge on any atom is -0.497 e. The number of benzene rings is 2. The summed E-state index contributed by atoms with van der Waals surface area (Å²) in [5, 5.41) is 12.1. The molecular formula is C25H27NO4. The second-order valence-corrected chi connectivity index (χ2v) is 8.40. The van der Waals surface area contributed by atoms with Crippen LogP contribution in [0.2, 0.25) is 0 Å². The average molecular weight is 405 g/mol. The first kappa shape index (κ1) is 20.2. The first-order valence-electron chi connectivity index (χ1n) is 10.4. The summed E-state index contributed by atoms with van der Waals surface area (Å²) < 4.78 is 5.40. The van der Waals surface area contributed by atoms with Gasteiger partial charge in [-0.2, -0.15) is 0 Å². The fraction of sp³-hybridized carbons (Fsp3) is 0.360. The van der Waals surface area contributed by atoms with Crippen LogP contribution in [-0.4, -0.2) is 24.1 Å². The molecule has 0 aliphatic heterocycles. The molecule has 0 unspecified atom stereocenters. The van der Waals surface area contributed by atoms with E-state index in [1.165, 1.54) is 5.57 Å². The molecule has 0 radical (unpaired) electrons. The highest BCUT2D eigenvalue weighted by Crippen LogP contribution is 2.52. The zero-order valence-electron chi connectivity index (χ0n) is 17.4. The summed E-state index contributed by atoms with van der Waals surface area (Å²) in [6.45, 7) is 2.45. The third-order valence-electron chi connectivity index (χ3n) is 6.37. The Hall–Kier alpha value is -3.08. The van der Waals surface area contributed by atoms with Crippen LogP contribution in [0, 0.1) is 24.7 Å². The number of fused-ring (bicyclic) bond motifs is 2. The maximum absolute atomic E-state index is 13.1. The molecule has 0 saturated heterocycles. The van der Waals surface area contributed by atoms with Crippen LogP contribution < -0.4 is 10.1 Å². The lowest BCUT2D eigenvalue weighted by Crippen LogP contribution is -2.34. The van der Waals surface area contributed by atoms with Crippen molar-refractivity contribution in [3.63, 3.8) is 0 Å². The smallest absolute Gasteiger partial charge is 0.335 e. The lowest BCUT2D eigenvalue weighted by molar-refractivity contribution is -0.125. The van der Waals surface area contributed by atoms with Crippen LogP contribution >= 0.6 is 0 Å². The van der Waals surface area contributed by atoms with Crippen LogP contribution in [0.25, 0.3) is 6.08 Å². The molecule has 2 aromatic carbocycles. The van der Waals surface area contributed by atoms with Gasteiger partial charge in [0, 0.05) is 6.54 Å². The maximum Gasteiger partial charge on any atom is 0.335 e. The summed E-state index contributed by atoms with van der Waals surface area (Å²) in [7, 11) is 1.67. The van der Waals surface area contributed by atoms with E-state index in [1.54, 1.807) is 31.4 Å². The molecule has 2 bridgehead atoms. The lowest BCUT2D eigenvalue weighted by atomic mass is 9.82. The van der Waals surface area contributed by atoms with E-state index in [9.17, 15) is 9.59 Å². The monoisotopic (exact) mass is 405 g/mol. The zero-order chi connectivity index (χ0) is 21.3. The van der Waals surface area contributed by atoms with Crippen LogP contribution in [0.3, 0.4) is 0 Å². The van der Waals surface area contributed by atoms with E-state index in [-0.39, 0.29) is 17.4 Å². The van der Waals surface area contributed by atoms with E-state index >= 15 is 0 Å². The third kappa shape index (κ3) is 4.11. The number of hydrogen-bond acceptors (Lipinski definition) is 3. The van der Waals surface area contributed by atoms with E-state index in [2.05, 4.69) is 17.5 Å². The highest BCUT2D eigenvalue weighted by molar-refractivity contribution is 5.87.